The third-order valence-corrected chi connectivity index (χ3v) is 1.20. The molecule has 0 aliphatic carbocycles. The first-order valence-electron chi connectivity index (χ1n) is 2.92. The van der Waals surface area contributed by atoms with Crippen LogP contribution in [-0.4, -0.2) is 22.2 Å². The minimum Gasteiger partial charge on any atom is -1.00 e. The summed E-state index contributed by atoms with van der Waals surface area (Å²) in [5.41, 5.74) is 0. The van der Waals surface area contributed by atoms with Crippen molar-refractivity contribution in [3.05, 3.63) is 0 Å². The first-order valence-corrected chi connectivity index (χ1v) is 2.92. The molecule has 62 valence electrons. The van der Waals surface area contributed by atoms with Crippen molar-refractivity contribution in [3.63, 3.8) is 0 Å². The molecule has 0 bridgehead atoms. The maximum Gasteiger partial charge on any atom is 1.00 e. The fraction of sp³-hybridized carbons (Fsp3) is 0.667. The van der Waals surface area contributed by atoms with E-state index in [9.17, 15) is 9.59 Å². The van der Waals surface area contributed by atoms with Gasteiger partial charge in [0.25, 0.3) is 0 Å². The molecule has 0 aromatic heterocycles. The molecule has 0 aromatic carbocycles. The van der Waals surface area contributed by atoms with Gasteiger partial charge in [0.05, 0.1) is 0 Å². The van der Waals surface area contributed by atoms with Crippen LogP contribution in [0, 0.1) is 11.8 Å². The smallest absolute Gasteiger partial charge is 1.00 e. The van der Waals surface area contributed by atoms with Gasteiger partial charge >= 0.3 is 60.4 Å². The van der Waals surface area contributed by atoms with Crippen LogP contribution in [0.2, 0.25) is 0 Å². The van der Waals surface area contributed by atoms with Crippen molar-refractivity contribution in [2.45, 2.75) is 13.8 Å². The van der Waals surface area contributed by atoms with Crippen molar-refractivity contribution in [3.8, 4) is 0 Å². The Morgan fingerprint density at radius 2 is 1.42 bits per heavy atom. The molecule has 0 heterocycles. The Labute approximate surface area is 108 Å². The molecule has 6 heteroatoms. The van der Waals surface area contributed by atoms with Crippen molar-refractivity contribution in [1.29, 1.82) is 0 Å². The molecule has 0 aliphatic rings. The summed E-state index contributed by atoms with van der Waals surface area (Å²) >= 11 is 0. The average molecular weight is 178 g/mol. The van der Waals surface area contributed by atoms with Crippen molar-refractivity contribution in [1.82, 2.24) is 0 Å². The van der Waals surface area contributed by atoms with Crippen LogP contribution in [0.5, 0.6) is 0 Å². The van der Waals surface area contributed by atoms with Crippen LogP contribution in [0.1, 0.15) is 16.7 Å². The topological polar surface area (TPSA) is 74.6 Å². The van der Waals surface area contributed by atoms with Crippen LogP contribution in [0.25, 0.3) is 0 Å². The normalized spacial score (nSPS) is 8.67. The van der Waals surface area contributed by atoms with Gasteiger partial charge in [-0.1, -0.05) is 13.8 Å². The number of hydrogen-bond acceptors (Lipinski definition) is 2. The summed E-state index contributed by atoms with van der Waals surface area (Å²) in [6.45, 7) is 3.12. The molecule has 4 nitrogen and oxygen atoms in total. The summed E-state index contributed by atoms with van der Waals surface area (Å²) in [5.74, 6) is -4.19. The number of carboxylic acid groups (broad SMARTS) is 2. The summed E-state index contributed by atoms with van der Waals surface area (Å²) in [4.78, 5) is 20.4. The summed E-state index contributed by atoms with van der Waals surface area (Å²) in [5, 5.41) is 16.7. The Bertz CT molecular complexity index is 154. The van der Waals surface area contributed by atoms with Crippen molar-refractivity contribution < 1.29 is 71.1 Å². The molecule has 0 rings (SSSR count). The van der Waals surface area contributed by atoms with Crippen LogP contribution in [0.4, 0.5) is 0 Å². The van der Waals surface area contributed by atoms with E-state index in [1.54, 1.807) is 13.8 Å². The quantitative estimate of drug-likeness (QED) is 0.334. The predicted molar refractivity (Wildman–Crippen MR) is 35.8 cm³/mol. The molecular weight excluding hydrogens is 166 g/mol. The van der Waals surface area contributed by atoms with E-state index in [1.807, 2.05) is 0 Å². The van der Waals surface area contributed by atoms with E-state index >= 15 is 0 Å². The van der Waals surface area contributed by atoms with Crippen LogP contribution in [0.15, 0.2) is 0 Å². The molecule has 0 amide bonds. The average Bonchev–Trinajstić information content (AvgIpc) is 1.59. The molecule has 0 unspecified atom stereocenters. The Morgan fingerprint density at radius 3 is 1.42 bits per heavy atom. The van der Waals surface area contributed by atoms with Gasteiger partial charge in [-0.25, -0.2) is 0 Å². The predicted octanol–water partition coefficient (Wildman–Crippen LogP) is -5.34. The molecule has 0 atom stereocenters. The van der Waals surface area contributed by atoms with Crippen LogP contribution >= 0.6 is 0 Å². The first kappa shape index (κ1) is 18.3. The van der Waals surface area contributed by atoms with E-state index in [0.717, 1.165) is 0 Å². The zero-order valence-corrected chi connectivity index (χ0v) is 9.87. The number of rotatable bonds is 3. The van der Waals surface area contributed by atoms with E-state index < -0.39 is 17.9 Å². The molecule has 0 saturated heterocycles. The largest absolute Gasteiger partial charge is 1.00 e. The molecule has 0 fully saturated rings. The van der Waals surface area contributed by atoms with Gasteiger partial charge in [-0.2, -0.15) is 0 Å². The van der Waals surface area contributed by atoms with Crippen molar-refractivity contribution in [2.24, 2.45) is 11.8 Å². The molecule has 0 saturated carbocycles. The van der Waals surface area contributed by atoms with Gasteiger partial charge in [-0.3, -0.25) is 9.59 Å². The number of carboxylic acids is 2. The fourth-order valence-corrected chi connectivity index (χ4v) is 0.676. The minimum absolute atomic E-state index is 0. The van der Waals surface area contributed by atoms with Gasteiger partial charge in [0.15, 0.2) is 5.92 Å². The molecule has 0 aliphatic heterocycles. The number of aliphatic carboxylic acids is 2. The molecule has 0 spiro atoms. The first-order chi connectivity index (χ1) is 4.46. The molecule has 2 N–H and O–H groups in total. The van der Waals surface area contributed by atoms with Crippen molar-refractivity contribution >= 4 is 11.9 Å². The van der Waals surface area contributed by atoms with Crippen LogP contribution < -0.4 is 48.4 Å². The summed E-state index contributed by atoms with van der Waals surface area (Å²) < 4.78 is 0. The zero-order chi connectivity index (χ0) is 8.31. The SMILES string of the molecule is CC(C)C(C(=O)O)C(=O)O.[H-].[H-].[Li+].[Na+]. The van der Waals surface area contributed by atoms with E-state index in [4.69, 9.17) is 10.2 Å². The van der Waals surface area contributed by atoms with Crippen LogP contribution in [0.3, 0.4) is 0 Å². The monoisotopic (exact) mass is 178 g/mol. The summed E-state index contributed by atoms with van der Waals surface area (Å²) in [6, 6.07) is 0. The second-order valence-electron chi connectivity index (χ2n) is 2.40. The Morgan fingerprint density at radius 1 is 1.17 bits per heavy atom. The molecular formula is C6H12LiNaO4. The van der Waals surface area contributed by atoms with Crippen LogP contribution in [-0.2, 0) is 9.59 Å². The Hall–Kier alpha value is 0.537. The summed E-state index contributed by atoms with van der Waals surface area (Å²) in [7, 11) is 0. The standard InChI is InChI=1S/C6H10O4.Li.Na.2H/c1-3(2)4(5(7)8)6(9)10;;;;/h3-4H,1-2H3,(H,7,8)(H,9,10);;;;/q;2*+1;2*-1. The second-order valence-corrected chi connectivity index (χ2v) is 2.40. The van der Waals surface area contributed by atoms with E-state index in [0.29, 0.717) is 0 Å². The van der Waals surface area contributed by atoms with Gasteiger partial charge in [0.1, 0.15) is 0 Å². The maximum absolute atomic E-state index is 10.2. The maximum atomic E-state index is 10.2. The third-order valence-electron chi connectivity index (χ3n) is 1.20. The van der Waals surface area contributed by atoms with Gasteiger partial charge in [0.2, 0.25) is 0 Å². The Balaban J connectivity index is -0.0000000675. The van der Waals surface area contributed by atoms with Crippen molar-refractivity contribution in [2.75, 3.05) is 0 Å². The van der Waals surface area contributed by atoms with E-state index in [2.05, 4.69) is 0 Å². The van der Waals surface area contributed by atoms with E-state index in [1.165, 1.54) is 0 Å². The van der Waals surface area contributed by atoms with Gasteiger partial charge in [0, 0.05) is 0 Å². The number of carbonyl (C=O) groups is 2. The van der Waals surface area contributed by atoms with Gasteiger partial charge in [-0.15, -0.1) is 0 Å². The van der Waals surface area contributed by atoms with E-state index in [-0.39, 0.29) is 57.2 Å². The summed E-state index contributed by atoms with van der Waals surface area (Å²) in [6.07, 6.45) is 0. The third kappa shape index (κ3) is 6.10. The van der Waals surface area contributed by atoms with Gasteiger partial charge in [-0.05, 0) is 5.92 Å². The fourth-order valence-electron chi connectivity index (χ4n) is 0.676. The second kappa shape index (κ2) is 8.15. The Kier molecular flexibility index (Phi) is 12.5. The number of hydrogen-bond donors (Lipinski definition) is 2. The minimum atomic E-state index is -1.28. The molecule has 12 heavy (non-hydrogen) atoms. The molecule has 0 aromatic rings. The zero-order valence-electron chi connectivity index (χ0n) is 9.87. The van der Waals surface area contributed by atoms with Gasteiger partial charge < -0.3 is 13.1 Å². The molecule has 0 radical (unpaired) electrons.